The van der Waals surface area contributed by atoms with Crippen molar-refractivity contribution in [3.8, 4) is 33.6 Å². The summed E-state index contributed by atoms with van der Waals surface area (Å²) in [6.45, 7) is 1.90. The Morgan fingerprint density at radius 2 is 1.36 bits per heavy atom. The highest BCUT2D eigenvalue weighted by Gasteiger charge is 2.41. The average molecular weight is 768 g/mol. The number of carbonyl (C=O) groups is 2. The summed E-state index contributed by atoms with van der Waals surface area (Å²) >= 11 is 3.90. The average Bonchev–Trinajstić information content (AvgIpc) is 3.80. The predicted octanol–water partition coefficient (Wildman–Crippen LogP) is 9.44. The summed E-state index contributed by atoms with van der Waals surface area (Å²) in [5.74, 6) is -0.749. The van der Waals surface area contributed by atoms with Crippen LogP contribution in [0.25, 0.3) is 33.6 Å². The van der Waals surface area contributed by atoms with Gasteiger partial charge < -0.3 is 9.15 Å². The van der Waals surface area contributed by atoms with E-state index in [1.165, 1.54) is 7.11 Å². The van der Waals surface area contributed by atoms with Gasteiger partial charge in [0.05, 0.1) is 18.4 Å². The van der Waals surface area contributed by atoms with E-state index in [0.29, 0.717) is 18.7 Å². The molecule has 53 heavy (non-hydrogen) atoms. The van der Waals surface area contributed by atoms with Crippen molar-refractivity contribution in [2.75, 3.05) is 13.7 Å². The van der Waals surface area contributed by atoms with E-state index in [2.05, 4.69) is 52.3 Å². The maximum absolute atomic E-state index is 13.6. The van der Waals surface area contributed by atoms with Crippen LogP contribution >= 0.6 is 15.9 Å². The van der Waals surface area contributed by atoms with Crippen LogP contribution in [0.3, 0.4) is 0 Å². The van der Waals surface area contributed by atoms with Crippen LogP contribution in [-0.2, 0) is 26.3 Å². The van der Waals surface area contributed by atoms with E-state index in [1.807, 2.05) is 91.9 Å². The first-order valence-electron chi connectivity index (χ1n) is 17.8. The number of benzene rings is 4. The highest BCUT2D eigenvalue weighted by Crippen LogP contribution is 2.49. The zero-order valence-corrected chi connectivity index (χ0v) is 31.2. The molecular formula is C44H39BrN4O4. The van der Waals surface area contributed by atoms with Crippen molar-refractivity contribution in [1.29, 1.82) is 0 Å². The zero-order valence-electron chi connectivity index (χ0n) is 29.6. The van der Waals surface area contributed by atoms with Crippen molar-refractivity contribution >= 4 is 27.5 Å². The van der Waals surface area contributed by atoms with Gasteiger partial charge >= 0.3 is 0 Å². The molecule has 0 saturated carbocycles. The van der Waals surface area contributed by atoms with Gasteiger partial charge in [-0.2, -0.15) is 0 Å². The molecule has 1 unspecified atom stereocenters. The van der Waals surface area contributed by atoms with E-state index in [0.717, 1.165) is 61.0 Å². The highest BCUT2D eigenvalue weighted by atomic mass is 79.9. The van der Waals surface area contributed by atoms with E-state index in [4.69, 9.17) is 24.6 Å². The summed E-state index contributed by atoms with van der Waals surface area (Å²) < 4.78 is 11.7. The Morgan fingerprint density at radius 3 is 1.94 bits per heavy atom. The third-order valence-corrected chi connectivity index (χ3v) is 10.7. The number of Topliss-reactive ketones (excluding diaryl/α,β-unsaturated/α-hetero) is 2. The summed E-state index contributed by atoms with van der Waals surface area (Å²) in [5.41, 5.74) is 6.97. The van der Waals surface area contributed by atoms with Gasteiger partial charge in [-0.3, -0.25) is 9.59 Å². The molecule has 5 aromatic rings. The van der Waals surface area contributed by atoms with Gasteiger partial charge in [-0.25, -0.2) is 0 Å². The third-order valence-electron chi connectivity index (χ3n) is 9.85. The lowest BCUT2D eigenvalue weighted by Crippen LogP contribution is -2.39. The number of nitrogens with zero attached hydrogens (tertiary/aromatic N) is 4. The van der Waals surface area contributed by atoms with Gasteiger partial charge in [0.15, 0.2) is 11.3 Å². The minimum atomic E-state index is -0.944. The fourth-order valence-electron chi connectivity index (χ4n) is 7.32. The normalized spacial score (nSPS) is 12.2. The first kappa shape index (κ1) is 35.9. The Morgan fingerprint density at radius 1 is 0.774 bits per heavy atom. The SMILES string of the molecule is CCCCC(=O)C(Cc1c2ccocc-2c(Br)c1-c1ccccc1-c1nnn(C(c2ccccc2)(c2ccccc2)c2ccccc2)n1)C(=O)COC. The molecule has 1 aromatic heterocycles. The number of hydrogen-bond donors (Lipinski definition) is 0. The van der Waals surface area contributed by atoms with Crippen LogP contribution in [0.4, 0.5) is 0 Å². The van der Waals surface area contributed by atoms with Crippen LogP contribution in [0, 0.1) is 5.92 Å². The molecule has 2 heterocycles. The quantitative estimate of drug-likeness (QED) is 0.0757. The van der Waals surface area contributed by atoms with Gasteiger partial charge in [-0.15, -0.1) is 15.0 Å². The summed E-state index contributed by atoms with van der Waals surface area (Å²) in [6.07, 6.45) is 5.41. The van der Waals surface area contributed by atoms with Gasteiger partial charge in [-0.1, -0.05) is 129 Å². The standard InChI is InChI=1S/C44H39BrN4O4/c1-3-4-24-39(50)37(40(51)29-52-2)27-36-33-25-26-53-28-38(33)42(45)41(36)34-22-14-15-23-35(34)43-46-48-49(47-43)44(30-16-8-5-9-17-30,31-18-10-6-11-19-31)32-20-12-7-13-21-32/h5-23,25-26,28,37H,3-4,24,27,29H2,1-2H3. The van der Waals surface area contributed by atoms with Crippen LogP contribution in [0.1, 0.15) is 48.4 Å². The molecule has 8 nitrogen and oxygen atoms in total. The molecule has 1 atom stereocenters. The lowest BCUT2D eigenvalue weighted by Gasteiger charge is -2.34. The molecular weight excluding hydrogens is 728 g/mol. The van der Waals surface area contributed by atoms with Gasteiger partial charge in [0.2, 0.25) is 5.82 Å². The minimum Gasteiger partial charge on any atom is -0.472 e. The molecule has 4 aromatic carbocycles. The first-order chi connectivity index (χ1) is 26.0. The molecule has 0 saturated heterocycles. The Balaban J connectivity index is 1.42. The number of ether oxygens (including phenoxy) is 1. The lowest BCUT2D eigenvalue weighted by atomic mass is 9.77. The Kier molecular flexibility index (Phi) is 10.8. The van der Waals surface area contributed by atoms with Crippen LogP contribution < -0.4 is 0 Å². The molecule has 2 aliphatic rings. The van der Waals surface area contributed by atoms with E-state index in [1.54, 1.807) is 17.3 Å². The number of methoxy groups -OCH3 is 1. The number of unbranched alkanes of at least 4 members (excludes halogenated alkanes) is 1. The Labute approximate surface area is 317 Å². The summed E-state index contributed by atoms with van der Waals surface area (Å²) in [6, 6.07) is 40.4. The first-order valence-corrected chi connectivity index (χ1v) is 18.6. The third kappa shape index (κ3) is 6.78. The largest absolute Gasteiger partial charge is 0.472 e. The number of hydrogen-bond acceptors (Lipinski definition) is 7. The van der Waals surface area contributed by atoms with Crippen molar-refractivity contribution < 1.29 is 18.7 Å². The molecule has 0 bridgehead atoms. The molecule has 9 heteroatoms. The number of ketones is 2. The summed E-state index contributed by atoms with van der Waals surface area (Å²) in [5, 5.41) is 14.7. The van der Waals surface area contributed by atoms with Crippen molar-refractivity contribution in [2.24, 2.45) is 5.92 Å². The summed E-state index contributed by atoms with van der Waals surface area (Å²) in [7, 11) is 1.48. The van der Waals surface area contributed by atoms with Gasteiger partial charge in [0, 0.05) is 34.7 Å². The second-order valence-electron chi connectivity index (χ2n) is 13.0. The van der Waals surface area contributed by atoms with E-state index < -0.39 is 11.5 Å². The van der Waals surface area contributed by atoms with Gasteiger partial charge in [-0.05, 0) is 73.4 Å². The number of aromatic nitrogens is 4. The molecule has 0 fully saturated rings. The van der Waals surface area contributed by atoms with Crippen molar-refractivity contribution in [1.82, 2.24) is 20.2 Å². The molecule has 266 valence electrons. The van der Waals surface area contributed by atoms with Gasteiger partial charge in [0.1, 0.15) is 12.4 Å². The molecule has 0 amide bonds. The number of halogens is 1. The molecule has 7 rings (SSSR count). The van der Waals surface area contributed by atoms with E-state index in [9.17, 15) is 9.59 Å². The topological polar surface area (TPSA) is 100 Å². The van der Waals surface area contributed by atoms with Crippen molar-refractivity contribution in [2.45, 2.75) is 38.1 Å². The minimum absolute atomic E-state index is 0.0806. The molecule has 0 N–H and O–H groups in total. The van der Waals surface area contributed by atoms with Crippen LogP contribution in [0.2, 0.25) is 0 Å². The van der Waals surface area contributed by atoms with Crippen LogP contribution in [0.5, 0.6) is 0 Å². The fraction of sp³-hybridized carbons (Fsp3) is 0.205. The number of rotatable bonds is 15. The fourth-order valence-corrected chi connectivity index (χ4v) is 8.08. The maximum Gasteiger partial charge on any atom is 0.205 e. The van der Waals surface area contributed by atoms with E-state index in [-0.39, 0.29) is 24.6 Å². The lowest BCUT2D eigenvalue weighted by molar-refractivity contribution is -0.135. The Hall–Kier alpha value is -5.51. The molecule has 0 radical (unpaired) electrons. The van der Waals surface area contributed by atoms with Gasteiger partial charge in [0.25, 0.3) is 0 Å². The second kappa shape index (κ2) is 16.0. The Bertz CT molecular complexity index is 2190. The number of fused-ring (bicyclic) bond motifs is 1. The van der Waals surface area contributed by atoms with E-state index >= 15 is 0 Å². The predicted molar refractivity (Wildman–Crippen MR) is 208 cm³/mol. The smallest absolute Gasteiger partial charge is 0.205 e. The molecule has 1 aliphatic carbocycles. The van der Waals surface area contributed by atoms with Crippen molar-refractivity contribution in [3.05, 3.63) is 161 Å². The number of tetrazole rings is 1. The monoisotopic (exact) mass is 766 g/mol. The van der Waals surface area contributed by atoms with Crippen LogP contribution in [-0.4, -0.2) is 45.5 Å². The maximum atomic E-state index is 13.6. The molecule has 0 spiro atoms. The van der Waals surface area contributed by atoms with Crippen molar-refractivity contribution in [3.63, 3.8) is 0 Å². The second-order valence-corrected chi connectivity index (χ2v) is 13.8. The zero-order chi connectivity index (χ0) is 36.8. The number of carbonyl (C=O) groups excluding carboxylic acids is 2. The molecule has 1 aliphatic heterocycles. The van der Waals surface area contributed by atoms with Crippen LogP contribution in [0.15, 0.2) is 143 Å². The highest BCUT2D eigenvalue weighted by molar-refractivity contribution is 9.10. The summed E-state index contributed by atoms with van der Waals surface area (Å²) in [4.78, 5) is 28.8.